The van der Waals surface area contributed by atoms with Crippen molar-refractivity contribution in [1.29, 1.82) is 0 Å². The Balaban J connectivity index is 1.79. The normalized spacial score (nSPS) is 13.7. The molecule has 0 atom stereocenters. The van der Waals surface area contributed by atoms with Crippen molar-refractivity contribution in [3.05, 3.63) is 99.5 Å². The van der Waals surface area contributed by atoms with E-state index in [0.29, 0.717) is 27.6 Å². The summed E-state index contributed by atoms with van der Waals surface area (Å²) < 4.78 is 18.7. The van der Waals surface area contributed by atoms with Gasteiger partial charge in [0.05, 0.1) is 24.9 Å². The first-order valence-electron chi connectivity index (χ1n) is 10.3. The van der Waals surface area contributed by atoms with Crippen molar-refractivity contribution in [2.75, 3.05) is 12.4 Å². The van der Waals surface area contributed by atoms with Gasteiger partial charge in [0, 0.05) is 5.02 Å². The molecule has 1 aliphatic heterocycles. The summed E-state index contributed by atoms with van der Waals surface area (Å²) in [6, 6.07) is 16.3. The van der Waals surface area contributed by atoms with Crippen molar-refractivity contribution in [2.45, 2.75) is 20.4 Å². The number of rotatable bonds is 6. The quantitative estimate of drug-likeness (QED) is 0.489. The van der Waals surface area contributed by atoms with Gasteiger partial charge < -0.3 is 10.1 Å². The van der Waals surface area contributed by atoms with E-state index in [-0.39, 0.29) is 23.6 Å². The molecule has 1 aliphatic rings. The second kappa shape index (κ2) is 9.08. The van der Waals surface area contributed by atoms with Crippen molar-refractivity contribution in [3.63, 3.8) is 0 Å². The lowest BCUT2D eigenvalue weighted by molar-refractivity contribution is -0.137. The molecule has 7 heteroatoms. The number of hydrogen-bond donors (Lipinski definition) is 1. The second-order valence-corrected chi connectivity index (χ2v) is 8.28. The van der Waals surface area contributed by atoms with E-state index in [1.807, 2.05) is 32.0 Å². The molecule has 2 amide bonds. The molecule has 0 radical (unpaired) electrons. The third-order valence-electron chi connectivity index (χ3n) is 5.64. The van der Waals surface area contributed by atoms with Crippen LogP contribution in [0.3, 0.4) is 0 Å². The lowest BCUT2D eigenvalue weighted by Gasteiger charge is -2.16. The number of carbonyl (C=O) groups excluding carboxylic acids is 2. The molecule has 0 fully saturated rings. The summed E-state index contributed by atoms with van der Waals surface area (Å²) in [7, 11) is 1.51. The molecule has 168 valence electrons. The van der Waals surface area contributed by atoms with Crippen LogP contribution in [0.1, 0.15) is 22.3 Å². The van der Waals surface area contributed by atoms with Crippen LogP contribution in [0.5, 0.6) is 5.75 Å². The lowest BCUT2D eigenvalue weighted by Crippen LogP contribution is -2.32. The van der Waals surface area contributed by atoms with Gasteiger partial charge in [-0.25, -0.2) is 4.39 Å². The maximum Gasteiger partial charge on any atom is 0.278 e. The van der Waals surface area contributed by atoms with Crippen molar-refractivity contribution in [1.82, 2.24) is 4.90 Å². The maximum atomic E-state index is 13.5. The van der Waals surface area contributed by atoms with Crippen molar-refractivity contribution in [3.8, 4) is 5.75 Å². The first-order valence-corrected chi connectivity index (χ1v) is 10.7. The Morgan fingerprint density at radius 3 is 2.33 bits per heavy atom. The molecule has 0 saturated carbocycles. The first kappa shape index (κ1) is 22.6. The fraction of sp³-hybridized carbons (Fsp3) is 0.154. The molecule has 33 heavy (non-hydrogen) atoms. The van der Waals surface area contributed by atoms with Gasteiger partial charge in [0.15, 0.2) is 0 Å². The number of methoxy groups -OCH3 is 1. The van der Waals surface area contributed by atoms with Crippen LogP contribution in [0.25, 0.3) is 5.57 Å². The van der Waals surface area contributed by atoms with E-state index < -0.39 is 11.8 Å². The van der Waals surface area contributed by atoms with Gasteiger partial charge in [0.2, 0.25) is 0 Å². The number of anilines is 1. The summed E-state index contributed by atoms with van der Waals surface area (Å²) >= 11 is 6.16. The fourth-order valence-electron chi connectivity index (χ4n) is 3.69. The molecule has 0 aromatic heterocycles. The molecule has 0 spiro atoms. The van der Waals surface area contributed by atoms with Gasteiger partial charge in [-0.1, -0.05) is 41.9 Å². The van der Waals surface area contributed by atoms with Crippen molar-refractivity contribution >= 4 is 34.7 Å². The number of amides is 2. The van der Waals surface area contributed by atoms with Gasteiger partial charge in [0.1, 0.15) is 17.3 Å². The summed E-state index contributed by atoms with van der Waals surface area (Å²) in [4.78, 5) is 28.1. The molecule has 5 nitrogen and oxygen atoms in total. The molecular formula is C26H22ClFN2O3. The number of benzene rings is 3. The number of aryl methyl sites for hydroxylation is 2. The van der Waals surface area contributed by atoms with E-state index in [9.17, 15) is 14.0 Å². The zero-order chi connectivity index (χ0) is 23.7. The molecule has 4 rings (SSSR count). The zero-order valence-electron chi connectivity index (χ0n) is 18.4. The minimum Gasteiger partial charge on any atom is -0.495 e. The topological polar surface area (TPSA) is 58.6 Å². The third-order valence-corrected chi connectivity index (χ3v) is 5.87. The van der Waals surface area contributed by atoms with Crippen molar-refractivity contribution in [2.24, 2.45) is 0 Å². The lowest BCUT2D eigenvalue weighted by atomic mass is 9.99. The number of halogens is 2. The number of nitrogens with one attached hydrogen (secondary N) is 1. The van der Waals surface area contributed by atoms with E-state index in [4.69, 9.17) is 16.3 Å². The highest BCUT2D eigenvalue weighted by atomic mass is 35.5. The molecule has 0 bridgehead atoms. The van der Waals surface area contributed by atoms with E-state index in [0.717, 1.165) is 16.0 Å². The molecule has 3 aromatic carbocycles. The van der Waals surface area contributed by atoms with Crippen LogP contribution in [-0.4, -0.2) is 23.8 Å². The van der Waals surface area contributed by atoms with Crippen molar-refractivity contribution < 1.29 is 18.7 Å². The summed E-state index contributed by atoms with van der Waals surface area (Å²) in [5.74, 6) is -0.832. The average molecular weight is 465 g/mol. The third kappa shape index (κ3) is 4.47. The highest BCUT2D eigenvalue weighted by Crippen LogP contribution is 2.35. The first-order chi connectivity index (χ1) is 15.8. The molecule has 1 N–H and O–H groups in total. The Bertz CT molecular complexity index is 1290. The van der Waals surface area contributed by atoms with Crippen LogP contribution in [0.15, 0.2) is 66.4 Å². The van der Waals surface area contributed by atoms with Gasteiger partial charge in [-0.05, 0) is 66.4 Å². The minimum atomic E-state index is -0.486. The Hall–Kier alpha value is -3.64. The molecule has 0 saturated heterocycles. The molecule has 0 aliphatic carbocycles. The van der Waals surface area contributed by atoms with Gasteiger partial charge in [-0.2, -0.15) is 0 Å². The minimum absolute atomic E-state index is 0.0180. The summed E-state index contributed by atoms with van der Waals surface area (Å²) in [6.07, 6.45) is 0. The van der Waals surface area contributed by atoms with Crippen LogP contribution < -0.4 is 10.1 Å². The monoisotopic (exact) mass is 464 g/mol. The summed E-state index contributed by atoms with van der Waals surface area (Å²) in [6.45, 7) is 3.94. The zero-order valence-corrected chi connectivity index (χ0v) is 19.2. The number of hydrogen-bond acceptors (Lipinski definition) is 4. The second-order valence-electron chi connectivity index (χ2n) is 7.84. The van der Waals surface area contributed by atoms with Crippen LogP contribution in [0.2, 0.25) is 5.02 Å². The van der Waals surface area contributed by atoms with E-state index in [1.54, 1.807) is 30.3 Å². The molecule has 3 aromatic rings. The van der Waals surface area contributed by atoms with E-state index in [2.05, 4.69) is 5.32 Å². The predicted octanol–water partition coefficient (Wildman–Crippen LogP) is 5.50. The van der Waals surface area contributed by atoms with Gasteiger partial charge in [0.25, 0.3) is 11.8 Å². The maximum absolute atomic E-state index is 13.5. The Kier molecular flexibility index (Phi) is 6.20. The fourth-order valence-corrected chi connectivity index (χ4v) is 3.86. The molecule has 0 unspecified atom stereocenters. The predicted molar refractivity (Wildman–Crippen MR) is 126 cm³/mol. The van der Waals surface area contributed by atoms with E-state index >= 15 is 0 Å². The standard InChI is InChI=1S/C26H22ClFN2O3/c1-15-4-7-18(12-16(15)2)23-24(29-21-13-19(27)8-11-22(21)33-3)26(32)30(25(23)31)14-17-5-9-20(28)10-6-17/h4-13,29H,14H2,1-3H3. The number of nitrogens with zero attached hydrogens (tertiary/aromatic N) is 1. The number of carbonyl (C=O) groups is 2. The van der Waals surface area contributed by atoms with Gasteiger partial charge >= 0.3 is 0 Å². The summed E-state index contributed by atoms with van der Waals surface area (Å²) in [5, 5.41) is 3.54. The van der Waals surface area contributed by atoms with Crippen LogP contribution >= 0.6 is 11.6 Å². The SMILES string of the molecule is COc1ccc(Cl)cc1NC1=C(c2ccc(C)c(C)c2)C(=O)N(Cc2ccc(F)cc2)C1=O. The van der Waals surface area contributed by atoms with Crippen LogP contribution in [0, 0.1) is 19.7 Å². The van der Waals surface area contributed by atoms with Gasteiger partial charge in [-0.15, -0.1) is 0 Å². The van der Waals surface area contributed by atoms with Crippen LogP contribution in [-0.2, 0) is 16.1 Å². The highest BCUT2D eigenvalue weighted by molar-refractivity contribution is 6.36. The largest absolute Gasteiger partial charge is 0.495 e. The molecular weight excluding hydrogens is 443 g/mol. The van der Waals surface area contributed by atoms with E-state index in [1.165, 1.54) is 19.2 Å². The van der Waals surface area contributed by atoms with Gasteiger partial charge in [-0.3, -0.25) is 14.5 Å². The Labute approximate surface area is 196 Å². The molecule has 1 heterocycles. The summed E-state index contributed by atoms with van der Waals surface area (Å²) in [5.41, 5.74) is 4.19. The Morgan fingerprint density at radius 2 is 1.67 bits per heavy atom. The number of ether oxygens (including phenoxy) is 1. The average Bonchev–Trinajstić information content (AvgIpc) is 3.01. The Morgan fingerprint density at radius 1 is 0.939 bits per heavy atom. The highest BCUT2D eigenvalue weighted by Gasteiger charge is 2.39. The smallest absolute Gasteiger partial charge is 0.278 e. The van der Waals surface area contributed by atoms with Crippen LogP contribution in [0.4, 0.5) is 10.1 Å². The number of imide groups is 1.